The number of carbonyl (C=O) groups excluding carboxylic acids is 3. The van der Waals surface area contributed by atoms with Crippen molar-refractivity contribution < 1.29 is 23.9 Å². The van der Waals surface area contributed by atoms with Gasteiger partial charge in [0.25, 0.3) is 0 Å². The summed E-state index contributed by atoms with van der Waals surface area (Å²) < 4.78 is 11.3. The molecule has 0 radical (unpaired) electrons. The maximum atomic E-state index is 13.4. The Kier molecular flexibility index (Phi) is 10.5. The Bertz CT molecular complexity index is 1320. The second kappa shape index (κ2) is 14.5. The summed E-state index contributed by atoms with van der Waals surface area (Å²) in [5, 5.41) is 8.76. The first-order valence-corrected chi connectivity index (χ1v) is 14.4. The zero-order valence-corrected chi connectivity index (χ0v) is 24.5. The van der Waals surface area contributed by atoms with Crippen LogP contribution in [0, 0.1) is 11.8 Å². The Morgan fingerprint density at radius 2 is 1.60 bits per heavy atom. The summed E-state index contributed by atoms with van der Waals surface area (Å²) in [6.07, 6.45) is 6.05. The molecule has 1 heterocycles. The Morgan fingerprint density at radius 3 is 2.29 bits per heavy atom. The summed E-state index contributed by atoms with van der Waals surface area (Å²) in [4.78, 5) is 42.8. The zero-order valence-electron chi connectivity index (χ0n) is 24.5. The summed E-state index contributed by atoms with van der Waals surface area (Å²) in [5.41, 5.74) is 0.917. The molecule has 1 aromatic heterocycles. The number of alkyl carbamates (subject to hydrolysis) is 1. The fourth-order valence-corrected chi connectivity index (χ4v) is 4.93. The van der Waals surface area contributed by atoms with Crippen molar-refractivity contribution in [3.05, 3.63) is 84.7 Å². The highest BCUT2D eigenvalue weighted by Gasteiger charge is 2.30. The van der Waals surface area contributed by atoms with Crippen molar-refractivity contribution in [2.24, 2.45) is 11.8 Å². The van der Waals surface area contributed by atoms with Crippen LogP contribution in [0.4, 0.5) is 10.5 Å². The number of para-hydroxylation sites is 1. The molecule has 1 aliphatic rings. The minimum atomic E-state index is -0.788. The number of benzene rings is 2. The van der Waals surface area contributed by atoms with Gasteiger partial charge < -0.3 is 25.4 Å². The van der Waals surface area contributed by atoms with Crippen LogP contribution in [-0.2, 0) is 20.7 Å². The van der Waals surface area contributed by atoms with Crippen molar-refractivity contribution in [2.75, 3.05) is 11.9 Å². The summed E-state index contributed by atoms with van der Waals surface area (Å²) >= 11 is 0. The normalized spacial score (nSPS) is 17.4. The second-order valence-electron chi connectivity index (χ2n) is 11.7. The van der Waals surface area contributed by atoms with Gasteiger partial charge in [-0.1, -0.05) is 30.3 Å². The van der Waals surface area contributed by atoms with E-state index in [9.17, 15) is 14.4 Å². The predicted octanol–water partition coefficient (Wildman–Crippen LogP) is 5.87. The molecule has 9 heteroatoms. The molecule has 9 nitrogen and oxygen atoms in total. The molecule has 0 bridgehead atoms. The smallest absolute Gasteiger partial charge is 0.407 e. The number of amides is 3. The lowest BCUT2D eigenvalue weighted by molar-refractivity contribution is -0.130. The van der Waals surface area contributed by atoms with E-state index in [4.69, 9.17) is 9.47 Å². The van der Waals surface area contributed by atoms with E-state index in [0.717, 1.165) is 18.4 Å². The van der Waals surface area contributed by atoms with Gasteiger partial charge in [0.05, 0.1) is 0 Å². The van der Waals surface area contributed by atoms with Gasteiger partial charge in [0, 0.05) is 37.0 Å². The molecule has 1 fully saturated rings. The predicted molar refractivity (Wildman–Crippen MR) is 161 cm³/mol. The van der Waals surface area contributed by atoms with Crippen molar-refractivity contribution in [3.8, 4) is 11.5 Å². The van der Waals surface area contributed by atoms with Gasteiger partial charge in [-0.3, -0.25) is 14.6 Å². The highest BCUT2D eigenvalue weighted by atomic mass is 16.6. The minimum Gasteiger partial charge on any atom is -0.457 e. The van der Waals surface area contributed by atoms with Crippen molar-refractivity contribution in [3.63, 3.8) is 0 Å². The second-order valence-corrected chi connectivity index (χ2v) is 11.7. The van der Waals surface area contributed by atoms with Crippen molar-refractivity contribution >= 4 is 23.6 Å². The molecule has 2 aromatic carbocycles. The van der Waals surface area contributed by atoms with Crippen molar-refractivity contribution in [1.29, 1.82) is 0 Å². The van der Waals surface area contributed by atoms with Gasteiger partial charge >= 0.3 is 6.09 Å². The van der Waals surface area contributed by atoms with E-state index in [1.54, 1.807) is 24.5 Å². The number of carbonyl (C=O) groups is 3. The molecule has 1 unspecified atom stereocenters. The topological polar surface area (TPSA) is 119 Å². The quantitative estimate of drug-likeness (QED) is 0.280. The van der Waals surface area contributed by atoms with Crippen LogP contribution in [0.25, 0.3) is 0 Å². The van der Waals surface area contributed by atoms with E-state index in [1.807, 2.05) is 75.4 Å². The number of hydrogen-bond donors (Lipinski definition) is 3. The average molecular weight is 573 g/mol. The molecular formula is C33H40N4O5. The first-order chi connectivity index (χ1) is 20.1. The van der Waals surface area contributed by atoms with Crippen molar-refractivity contribution in [2.45, 2.75) is 64.5 Å². The van der Waals surface area contributed by atoms with E-state index >= 15 is 0 Å². The van der Waals surface area contributed by atoms with E-state index in [2.05, 4.69) is 20.9 Å². The first-order valence-electron chi connectivity index (χ1n) is 14.4. The van der Waals surface area contributed by atoms with Gasteiger partial charge in [-0.25, -0.2) is 4.79 Å². The van der Waals surface area contributed by atoms with Gasteiger partial charge in [-0.15, -0.1) is 0 Å². The third-order valence-corrected chi connectivity index (χ3v) is 7.05. The first kappa shape index (κ1) is 30.6. The van der Waals surface area contributed by atoms with Gasteiger partial charge in [0.1, 0.15) is 23.1 Å². The fourth-order valence-electron chi connectivity index (χ4n) is 4.93. The summed E-state index contributed by atoms with van der Waals surface area (Å²) in [6, 6.07) is 19.6. The van der Waals surface area contributed by atoms with Gasteiger partial charge in [-0.2, -0.15) is 0 Å². The van der Waals surface area contributed by atoms with Crippen LogP contribution in [0.2, 0.25) is 0 Å². The van der Waals surface area contributed by atoms with Crippen LogP contribution < -0.4 is 20.7 Å². The summed E-state index contributed by atoms with van der Waals surface area (Å²) in [7, 11) is 0. The minimum absolute atomic E-state index is 0.139. The number of ether oxygens (including phenoxy) is 2. The number of anilines is 1. The van der Waals surface area contributed by atoms with Crippen LogP contribution >= 0.6 is 0 Å². The maximum Gasteiger partial charge on any atom is 0.407 e. The van der Waals surface area contributed by atoms with E-state index < -0.39 is 17.7 Å². The average Bonchev–Trinajstić information content (AvgIpc) is 2.96. The number of hydrogen-bond acceptors (Lipinski definition) is 6. The monoisotopic (exact) mass is 572 g/mol. The third kappa shape index (κ3) is 9.90. The van der Waals surface area contributed by atoms with Gasteiger partial charge in [0.15, 0.2) is 0 Å². The molecular weight excluding hydrogens is 532 g/mol. The number of rotatable bonds is 10. The molecule has 3 amide bonds. The van der Waals surface area contributed by atoms with Crippen LogP contribution in [0.5, 0.6) is 11.5 Å². The van der Waals surface area contributed by atoms with Crippen LogP contribution in [0.3, 0.4) is 0 Å². The lowest BCUT2D eigenvalue weighted by Crippen LogP contribution is -2.48. The van der Waals surface area contributed by atoms with Crippen LogP contribution in [0.1, 0.15) is 52.0 Å². The number of aromatic nitrogens is 1. The molecule has 222 valence electrons. The van der Waals surface area contributed by atoms with Crippen molar-refractivity contribution in [1.82, 2.24) is 15.6 Å². The highest BCUT2D eigenvalue weighted by Crippen LogP contribution is 2.29. The van der Waals surface area contributed by atoms with E-state index in [-0.39, 0.29) is 23.7 Å². The standard InChI is InChI=1S/C33H40N4O5/c1-33(2,3)42-32(40)35-22-23-12-14-25(15-13-23)30(38)37-29(31(39)36-26-16-18-34-19-17-26)21-24-8-7-11-28(20-24)41-27-9-5-4-6-10-27/h4-11,16-20,23,25,29H,12-15,21-22H2,1-3H3,(H,35,40)(H,37,38)(H,34,36,39). The molecule has 3 N–H and O–H groups in total. The fraction of sp³-hybridized carbons (Fsp3) is 0.394. The highest BCUT2D eigenvalue weighted by molar-refractivity contribution is 5.97. The molecule has 4 rings (SSSR count). The lowest BCUT2D eigenvalue weighted by atomic mass is 9.81. The third-order valence-electron chi connectivity index (χ3n) is 7.05. The molecule has 0 aliphatic heterocycles. The SMILES string of the molecule is CC(C)(C)OC(=O)NCC1CCC(C(=O)NC(Cc2cccc(Oc3ccccc3)c2)C(=O)Nc2ccncc2)CC1. The Morgan fingerprint density at radius 1 is 0.905 bits per heavy atom. The Hall–Kier alpha value is -4.40. The molecule has 1 atom stereocenters. The molecule has 1 saturated carbocycles. The molecule has 1 aliphatic carbocycles. The molecule has 0 saturated heterocycles. The van der Waals surface area contributed by atoms with Crippen LogP contribution in [-0.4, -0.2) is 41.1 Å². The summed E-state index contributed by atoms with van der Waals surface area (Å²) in [6.45, 7) is 6.00. The summed E-state index contributed by atoms with van der Waals surface area (Å²) in [5.74, 6) is 0.995. The Labute approximate surface area is 247 Å². The largest absolute Gasteiger partial charge is 0.457 e. The number of pyridine rings is 1. The van der Waals surface area contributed by atoms with E-state index in [1.165, 1.54) is 0 Å². The van der Waals surface area contributed by atoms with Crippen LogP contribution in [0.15, 0.2) is 79.1 Å². The number of nitrogens with zero attached hydrogens (tertiary/aromatic N) is 1. The van der Waals surface area contributed by atoms with Gasteiger partial charge in [-0.05, 0) is 94.3 Å². The molecule has 42 heavy (non-hydrogen) atoms. The van der Waals surface area contributed by atoms with E-state index in [0.29, 0.717) is 43.0 Å². The lowest BCUT2D eigenvalue weighted by Gasteiger charge is -2.29. The molecule has 3 aromatic rings. The zero-order chi connectivity index (χ0) is 30.0. The maximum absolute atomic E-state index is 13.4. The molecule has 0 spiro atoms. The van der Waals surface area contributed by atoms with Gasteiger partial charge in [0.2, 0.25) is 11.8 Å². The number of nitrogens with one attached hydrogen (secondary N) is 3. The Balaban J connectivity index is 1.37.